The fourth-order valence-corrected chi connectivity index (χ4v) is 1.69. The van der Waals surface area contributed by atoms with Gasteiger partial charge in [0, 0.05) is 13.6 Å². The quantitative estimate of drug-likeness (QED) is 0.762. The van der Waals surface area contributed by atoms with Crippen LogP contribution in [-0.2, 0) is 4.79 Å². The van der Waals surface area contributed by atoms with Gasteiger partial charge >= 0.3 is 0 Å². The van der Waals surface area contributed by atoms with E-state index >= 15 is 0 Å². The first-order valence-corrected chi connectivity index (χ1v) is 5.87. The molecule has 3 N–H and O–H groups in total. The fourth-order valence-electron chi connectivity index (χ4n) is 1.69. The number of nitrogens with two attached hydrogens (primary N) is 1. The number of rotatable bonds is 5. The van der Waals surface area contributed by atoms with Crippen molar-refractivity contribution < 1.29 is 4.79 Å². The predicted molar refractivity (Wildman–Crippen MR) is 72.1 cm³/mol. The van der Waals surface area contributed by atoms with Crippen LogP contribution >= 0.6 is 0 Å². The van der Waals surface area contributed by atoms with Crippen molar-refractivity contribution in [3.05, 3.63) is 23.8 Å². The van der Waals surface area contributed by atoms with Gasteiger partial charge in [0.2, 0.25) is 5.91 Å². The van der Waals surface area contributed by atoms with Crippen LogP contribution in [-0.4, -0.2) is 26.0 Å². The van der Waals surface area contributed by atoms with E-state index in [1.807, 2.05) is 11.8 Å². The van der Waals surface area contributed by atoms with Crippen LogP contribution in [0.25, 0.3) is 0 Å². The van der Waals surface area contributed by atoms with Crippen molar-refractivity contribution >= 4 is 17.3 Å². The van der Waals surface area contributed by atoms with Crippen molar-refractivity contribution in [1.82, 2.24) is 5.32 Å². The Labute approximate surface area is 107 Å². The number of benzene rings is 1. The molecule has 1 aromatic carbocycles. The third kappa shape index (κ3) is 3.39. The van der Waals surface area contributed by atoms with Gasteiger partial charge in [-0.2, -0.15) is 5.26 Å². The molecule has 0 heterocycles. The maximum atomic E-state index is 11.5. The number of amides is 1. The van der Waals surface area contributed by atoms with Crippen LogP contribution in [0.1, 0.15) is 18.9 Å². The van der Waals surface area contributed by atoms with Crippen LogP contribution in [0.4, 0.5) is 11.4 Å². The summed E-state index contributed by atoms with van der Waals surface area (Å²) in [4.78, 5) is 13.4. The van der Waals surface area contributed by atoms with E-state index in [0.29, 0.717) is 17.8 Å². The zero-order valence-electron chi connectivity index (χ0n) is 10.7. The molecule has 0 aromatic heterocycles. The van der Waals surface area contributed by atoms with Crippen LogP contribution < -0.4 is 16.0 Å². The number of hydrogen-bond donors (Lipinski definition) is 2. The summed E-state index contributed by atoms with van der Waals surface area (Å²) in [7, 11) is 1.60. The summed E-state index contributed by atoms with van der Waals surface area (Å²) >= 11 is 0. The summed E-state index contributed by atoms with van der Waals surface area (Å²) < 4.78 is 0. The molecule has 0 saturated carbocycles. The number of carbonyl (C=O) groups is 1. The standard InChI is InChI=1S/C13H18N4O/c1-3-6-17(9-13(18)16-2)12-7-10(8-14)4-5-11(12)15/h4-5,7H,3,6,9,15H2,1-2H3,(H,16,18). The van der Waals surface area contributed by atoms with Crippen molar-refractivity contribution in [1.29, 1.82) is 5.26 Å². The van der Waals surface area contributed by atoms with E-state index in [2.05, 4.69) is 11.4 Å². The van der Waals surface area contributed by atoms with E-state index in [1.165, 1.54) is 0 Å². The number of nitrogens with one attached hydrogen (secondary N) is 1. The Morgan fingerprint density at radius 3 is 2.83 bits per heavy atom. The number of anilines is 2. The van der Waals surface area contributed by atoms with E-state index in [-0.39, 0.29) is 12.5 Å². The Morgan fingerprint density at radius 1 is 1.56 bits per heavy atom. The van der Waals surface area contributed by atoms with Gasteiger partial charge in [-0.05, 0) is 24.6 Å². The highest BCUT2D eigenvalue weighted by molar-refractivity contribution is 5.83. The number of nitriles is 1. The van der Waals surface area contributed by atoms with Gasteiger partial charge in [-0.1, -0.05) is 6.92 Å². The monoisotopic (exact) mass is 246 g/mol. The Bertz CT molecular complexity index is 465. The second kappa shape index (κ2) is 6.50. The van der Waals surface area contributed by atoms with Gasteiger partial charge in [-0.25, -0.2) is 0 Å². The summed E-state index contributed by atoms with van der Waals surface area (Å²) in [6.07, 6.45) is 0.896. The summed E-state index contributed by atoms with van der Waals surface area (Å²) in [6.45, 7) is 2.98. The summed E-state index contributed by atoms with van der Waals surface area (Å²) in [5, 5.41) is 11.5. The van der Waals surface area contributed by atoms with Crippen molar-refractivity contribution in [3.8, 4) is 6.07 Å². The first-order chi connectivity index (χ1) is 8.62. The fraction of sp³-hybridized carbons (Fsp3) is 0.385. The molecule has 5 heteroatoms. The lowest BCUT2D eigenvalue weighted by molar-refractivity contribution is -0.119. The summed E-state index contributed by atoms with van der Waals surface area (Å²) in [6, 6.07) is 7.16. The Hall–Kier alpha value is -2.22. The van der Waals surface area contributed by atoms with Gasteiger partial charge in [0.05, 0.1) is 29.6 Å². The van der Waals surface area contributed by atoms with Crippen LogP contribution in [0.15, 0.2) is 18.2 Å². The van der Waals surface area contributed by atoms with E-state index in [0.717, 1.165) is 12.1 Å². The third-order valence-electron chi connectivity index (χ3n) is 2.61. The first kappa shape index (κ1) is 13.8. The minimum absolute atomic E-state index is 0.0785. The second-order valence-electron chi connectivity index (χ2n) is 3.98. The van der Waals surface area contributed by atoms with Gasteiger partial charge in [-0.3, -0.25) is 4.79 Å². The van der Waals surface area contributed by atoms with E-state index in [9.17, 15) is 4.79 Å². The molecule has 0 radical (unpaired) electrons. The molecule has 1 amide bonds. The molecule has 5 nitrogen and oxygen atoms in total. The average Bonchev–Trinajstić information content (AvgIpc) is 2.38. The molecule has 96 valence electrons. The van der Waals surface area contributed by atoms with Crippen LogP contribution in [0.3, 0.4) is 0 Å². The van der Waals surface area contributed by atoms with Crippen LogP contribution in [0.2, 0.25) is 0 Å². The highest BCUT2D eigenvalue weighted by atomic mass is 16.1. The van der Waals surface area contributed by atoms with E-state index in [4.69, 9.17) is 11.0 Å². The molecule has 0 aliphatic carbocycles. The molecule has 18 heavy (non-hydrogen) atoms. The number of nitrogens with zero attached hydrogens (tertiary/aromatic N) is 2. The molecule has 0 atom stereocenters. The molecule has 0 saturated heterocycles. The number of likely N-dealkylation sites (N-methyl/N-ethyl adjacent to an activating group) is 1. The highest BCUT2D eigenvalue weighted by Crippen LogP contribution is 2.24. The number of hydrogen-bond acceptors (Lipinski definition) is 4. The van der Waals surface area contributed by atoms with Crippen molar-refractivity contribution in [2.75, 3.05) is 30.8 Å². The highest BCUT2D eigenvalue weighted by Gasteiger charge is 2.13. The minimum Gasteiger partial charge on any atom is -0.397 e. The molecule has 0 fully saturated rings. The van der Waals surface area contributed by atoms with Gasteiger partial charge in [0.25, 0.3) is 0 Å². The smallest absolute Gasteiger partial charge is 0.239 e. The second-order valence-corrected chi connectivity index (χ2v) is 3.98. The molecule has 0 spiro atoms. The Morgan fingerprint density at radius 2 is 2.28 bits per heavy atom. The Balaban J connectivity index is 3.04. The number of carbonyl (C=O) groups excluding carboxylic acids is 1. The topological polar surface area (TPSA) is 82.2 Å². The zero-order valence-corrected chi connectivity index (χ0v) is 10.7. The molecule has 1 rings (SSSR count). The zero-order chi connectivity index (χ0) is 13.5. The number of nitrogen functional groups attached to an aromatic ring is 1. The van der Waals surface area contributed by atoms with Gasteiger partial charge < -0.3 is 16.0 Å². The Kier molecular flexibility index (Phi) is 5.00. The maximum Gasteiger partial charge on any atom is 0.239 e. The van der Waals surface area contributed by atoms with Crippen molar-refractivity contribution in [2.45, 2.75) is 13.3 Å². The average molecular weight is 246 g/mol. The normalized spacial score (nSPS) is 9.61. The largest absolute Gasteiger partial charge is 0.397 e. The lowest BCUT2D eigenvalue weighted by Gasteiger charge is -2.25. The maximum absolute atomic E-state index is 11.5. The van der Waals surface area contributed by atoms with Gasteiger partial charge in [-0.15, -0.1) is 0 Å². The van der Waals surface area contributed by atoms with Crippen molar-refractivity contribution in [3.63, 3.8) is 0 Å². The SMILES string of the molecule is CCCN(CC(=O)NC)c1cc(C#N)ccc1N. The minimum atomic E-state index is -0.0785. The summed E-state index contributed by atoms with van der Waals surface area (Å²) in [5.41, 5.74) is 7.76. The van der Waals surface area contributed by atoms with E-state index in [1.54, 1.807) is 25.2 Å². The lowest BCUT2D eigenvalue weighted by atomic mass is 10.1. The van der Waals surface area contributed by atoms with Gasteiger partial charge in [0.1, 0.15) is 0 Å². The lowest BCUT2D eigenvalue weighted by Crippen LogP contribution is -2.36. The molecule has 1 aromatic rings. The van der Waals surface area contributed by atoms with Gasteiger partial charge in [0.15, 0.2) is 0 Å². The van der Waals surface area contributed by atoms with E-state index < -0.39 is 0 Å². The molecular formula is C13H18N4O. The first-order valence-electron chi connectivity index (χ1n) is 5.87. The molecule has 0 aliphatic heterocycles. The predicted octanol–water partition coefficient (Wildman–Crippen LogP) is 1.10. The molecule has 0 aliphatic rings. The molecule has 0 bridgehead atoms. The van der Waals surface area contributed by atoms with Crippen LogP contribution in [0, 0.1) is 11.3 Å². The van der Waals surface area contributed by atoms with Crippen LogP contribution in [0.5, 0.6) is 0 Å². The van der Waals surface area contributed by atoms with Crippen molar-refractivity contribution in [2.24, 2.45) is 0 Å². The molecular weight excluding hydrogens is 228 g/mol. The molecule has 0 unspecified atom stereocenters. The third-order valence-corrected chi connectivity index (χ3v) is 2.61. The summed E-state index contributed by atoms with van der Waals surface area (Å²) in [5.74, 6) is -0.0785.